The van der Waals surface area contributed by atoms with Gasteiger partial charge in [0, 0.05) is 26.2 Å². The molecule has 7 nitrogen and oxygen atoms in total. The molecule has 0 radical (unpaired) electrons. The molecule has 1 saturated carbocycles. The van der Waals surface area contributed by atoms with Crippen molar-refractivity contribution < 1.29 is 9.59 Å². The molecule has 4 aliphatic rings. The molecule has 2 N–H and O–H groups in total. The highest BCUT2D eigenvalue weighted by Gasteiger charge is 2.58. The summed E-state index contributed by atoms with van der Waals surface area (Å²) >= 11 is 0. The summed E-state index contributed by atoms with van der Waals surface area (Å²) in [6, 6.07) is 0. The monoisotopic (exact) mass is 543 g/mol. The largest absolute Gasteiger partial charge is 0.357 e. The molecule has 31 heavy (non-hydrogen) atoms. The maximum absolute atomic E-state index is 12.8. The molecule has 4 unspecified atom stereocenters. The topological polar surface area (TPSA) is 77.0 Å². The smallest absolute Gasteiger partial charge is 0.233 e. The number of rotatable bonds is 8. The zero-order valence-electron chi connectivity index (χ0n) is 18.9. The van der Waals surface area contributed by atoms with Crippen LogP contribution in [0.4, 0.5) is 0 Å². The fourth-order valence-corrected chi connectivity index (χ4v) is 5.58. The van der Waals surface area contributed by atoms with Crippen LogP contribution in [0.25, 0.3) is 0 Å². The SMILES string of the molecule is CCNC(=NCCCN1CCC(C)CC1)NCCN1C(=O)C2C3C=CC(C3)C2C1=O.I. The van der Waals surface area contributed by atoms with Crippen LogP contribution in [0.1, 0.15) is 39.5 Å². The molecule has 2 aliphatic carbocycles. The second-order valence-electron chi connectivity index (χ2n) is 9.39. The molecular weight excluding hydrogens is 505 g/mol. The second kappa shape index (κ2) is 11.1. The van der Waals surface area contributed by atoms with E-state index in [1.54, 1.807) is 0 Å². The minimum absolute atomic E-state index is 0. The van der Waals surface area contributed by atoms with Crippen LogP contribution in [0, 0.1) is 29.6 Å². The summed E-state index contributed by atoms with van der Waals surface area (Å²) in [5, 5.41) is 6.57. The highest BCUT2D eigenvalue weighted by atomic mass is 127. The number of fused-ring (bicyclic) bond motifs is 5. The number of nitrogens with zero attached hydrogens (tertiary/aromatic N) is 3. The summed E-state index contributed by atoms with van der Waals surface area (Å²) in [6.45, 7) is 10.4. The van der Waals surface area contributed by atoms with Crippen LogP contribution in [0.3, 0.4) is 0 Å². The molecule has 2 heterocycles. The molecule has 8 heteroatoms. The van der Waals surface area contributed by atoms with Gasteiger partial charge in [0.05, 0.1) is 11.8 Å². The molecule has 0 aromatic rings. The lowest BCUT2D eigenvalue weighted by Gasteiger charge is -2.29. The first kappa shape index (κ1) is 24.5. The molecule has 174 valence electrons. The molecule has 0 aromatic carbocycles. The van der Waals surface area contributed by atoms with E-state index in [4.69, 9.17) is 0 Å². The standard InChI is InChI=1S/C23H37N5O2.HI/c1-3-24-23(25-9-4-11-27-12-7-16(2)8-13-27)26-10-14-28-21(29)19-17-5-6-18(15-17)20(19)22(28)30;/h5-6,16-20H,3-4,7-15H2,1-2H3,(H2,24,25,26);1H. The van der Waals surface area contributed by atoms with E-state index in [1.807, 2.05) is 6.92 Å². The number of nitrogens with one attached hydrogen (secondary N) is 2. The first-order chi connectivity index (χ1) is 14.6. The first-order valence-corrected chi connectivity index (χ1v) is 11.9. The maximum Gasteiger partial charge on any atom is 0.233 e. The number of hydrogen-bond donors (Lipinski definition) is 2. The summed E-state index contributed by atoms with van der Waals surface area (Å²) in [5.41, 5.74) is 0. The Morgan fingerprint density at radius 3 is 2.32 bits per heavy atom. The third-order valence-corrected chi connectivity index (χ3v) is 7.31. The van der Waals surface area contributed by atoms with Gasteiger partial charge in [-0.15, -0.1) is 24.0 Å². The molecule has 0 aromatic heterocycles. The summed E-state index contributed by atoms with van der Waals surface area (Å²) in [7, 11) is 0. The number of aliphatic imine (C=N–C) groups is 1. The van der Waals surface area contributed by atoms with Crippen LogP contribution >= 0.6 is 24.0 Å². The number of piperidine rings is 1. The van der Waals surface area contributed by atoms with Crippen molar-refractivity contribution in [3.05, 3.63) is 12.2 Å². The van der Waals surface area contributed by atoms with E-state index >= 15 is 0 Å². The van der Waals surface area contributed by atoms with Crippen molar-refractivity contribution in [3.8, 4) is 0 Å². The summed E-state index contributed by atoms with van der Waals surface area (Å²) in [5.74, 6) is 2.03. The number of likely N-dealkylation sites (tertiary alicyclic amines) is 2. The van der Waals surface area contributed by atoms with Gasteiger partial charge in [-0.05, 0) is 70.0 Å². The number of guanidine groups is 1. The van der Waals surface area contributed by atoms with E-state index in [1.165, 1.54) is 30.8 Å². The second-order valence-corrected chi connectivity index (χ2v) is 9.39. The van der Waals surface area contributed by atoms with Gasteiger partial charge in [-0.25, -0.2) is 0 Å². The van der Waals surface area contributed by atoms with Crippen LogP contribution in [-0.2, 0) is 9.59 Å². The quantitative estimate of drug-likeness (QED) is 0.123. The van der Waals surface area contributed by atoms with E-state index in [9.17, 15) is 9.59 Å². The van der Waals surface area contributed by atoms with E-state index in [-0.39, 0.29) is 59.5 Å². The normalized spacial score (nSPS) is 30.6. The average molecular weight is 543 g/mol. The fourth-order valence-electron chi connectivity index (χ4n) is 5.58. The zero-order valence-corrected chi connectivity index (χ0v) is 21.2. The van der Waals surface area contributed by atoms with Crippen molar-refractivity contribution in [1.29, 1.82) is 0 Å². The van der Waals surface area contributed by atoms with Crippen LogP contribution in [-0.4, -0.2) is 73.4 Å². The van der Waals surface area contributed by atoms with Gasteiger partial charge in [0.15, 0.2) is 5.96 Å². The van der Waals surface area contributed by atoms with Gasteiger partial charge in [-0.1, -0.05) is 19.1 Å². The third kappa shape index (κ3) is 5.43. The maximum atomic E-state index is 12.8. The summed E-state index contributed by atoms with van der Waals surface area (Å²) in [4.78, 5) is 34.2. The lowest BCUT2D eigenvalue weighted by Crippen LogP contribution is -2.43. The molecular formula is C23H38IN5O2. The van der Waals surface area contributed by atoms with Crippen LogP contribution in [0.2, 0.25) is 0 Å². The minimum Gasteiger partial charge on any atom is -0.357 e. The molecule has 0 spiro atoms. The minimum atomic E-state index is -0.104. The number of hydrogen-bond acceptors (Lipinski definition) is 4. The van der Waals surface area contributed by atoms with Crippen molar-refractivity contribution in [2.45, 2.75) is 39.5 Å². The molecule has 3 fully saturated rings. The highest BCUT2D eigenvalue weighted by molar-refractivity contribution is 14.0. The van der Waals surface area contributed by atoms with Crippen LogP contribution < -0.4 is 10.6 Å². The number of carbonyl (C=O) groups is 2. The van der Waals surface area contributed by atoms with Gasteiger partial charge in [0.2, 0.25) is 11.8 Å². The summed E-state index contributed by atoms with van der Waals surface area (Å²) < 4.78 is 0. The lowest BCUT2D eigenvalue weighted by molar-refractivity contribution is -0.140. The van der Waals surface area contributed by atoms with Gasteiger partial charge in [-0.2, -0.15) is 0 Å². The Labute approximate surface area is 203 Å². The van der Waals surface area contributed by atoms with Crippen LogP contribution in [0.5, 0.6) is 0 Å². The molecule has 2 aliphatic heterocycles. The Kier molecular flexibility index (Phi) is 8.78. The van der Waals surface area contributed by atoms with E-state index in [2.05, 4.69) is 39.6 Å². The number of carbonyl (C=O) groups excluding carboxylic acids is 2. The molecule has 4 rings (SSSR count). The number of imide groups is 1. The predicted molar refractivity (Wildman–Crippen MR) is 133 cm³/mol. The van der Waals surface area contributed by atoms with Gasteiger partial charge in [0.25, 0.3) is 0 Å². The van der Waals surface area contributed by atoms with E-state index in [0.717, 1.165) is 44.4 Å². The molecule has 2 saturated heterocycles. The van der Waals surface area contributed by atoms with E-state index < -0.39 is 0 Å². The van der Waals surface area contributed by atoms with Gasteiger partial charge >= 0.3 is 0 Å². The van der Waals surface area contributed by atoms with Gasteiger partial charge in [-0.3, -0.25) is 19.5 Å². The molecule has 2 bridgehead atoms. The van der Waals surface area contributed by atoms with Crippen molar-refractivity contribution >= 4 is 41.8 Å². The van der Waals surface area contributed by atoms with E-state index in [0.29, 0.717) is 13.1 Å². The highest BCUT2D eigenvalue weighted by Crippen LogP contribution is 2.52. The summed E-state index contributed by atoms with van der Waals surface area (Å²) in [6.07, 6.45) is 8.92. The molecule has 2 amide bonds. The Balaban J connectivity index is 0.00000272. The fraction of sp³-hybridized carbons (Fsp3) is 0.783. The van der Waals surface area contributed by atoms with Gasteiger partial charge < -0.3 is 15.5 Å². The Morgan fingerprint density at radius 2 is 1.71 bits per heavy atom. The number of amides is 2. The zero-order chi connectivity index (χ0) is 21.1. The van der Waals surface area contributed by atoms with Gasteiger partial charge in [0.1, 0.15) is 0 Å². The van der Waals surface area contributed by atoms with Crippen molar-refractivity contribution in [3.63, 3.8) is 0 Å². The molecule has 4 atom stereocenters. The van der Waals surface area contributed by atoms with Crippen molar-refractivity contribution in [1.82, 2.24) is 20.4 Å². The Morgan fingerprint density at radius 1 is 1.06 bits per heavy atom. The predicted octanol–water partition coefficient (Wildman–Crippen LogP) is 2.09. The van der Waals surface area contributed by atoms with Crippen molar-refractivity contribution in [2.75, 3.05) is 45.8 Å². The van der Waals surface area contributed by atoms with Crippen molar-refractivity contribution in [2.24, 2.45) is 34.6 Å². The number of halogens is 1. The average Bonchev–Trinajstić information content (AvgIpc) is 3.42. The first-order valence-electron chi connectivity index (χ1n) is 11.9. The Bertz CT molecular complexity index is 674. The van der Waals surface area contributed by atoms with Crippen LogP contribution in [0.15, 0.2) is 17.1 Å². The third-order valence-electron chi connectivity index (χ3n) is 7.31. The lowest BCUT2D eigenvalue weighted by atomic mass is 9.85. The Hall–Kier alpha value is -1.16. The number of allylic oxidation sites excluding steroid dienone is 2.